The fourth-order valence-electron chi connectivity index (χ4n) is 1.69. The van der Waals surface area contributed by atoms with Crippen molar-refractivity contribution in [3.63, 3.8) is 0 Å². The predicted octanol–water partition coefficient (Wildman–Crippen LogP) is 3.06. The van der Waals surface area contributed by atoms with E-state index >= 15 is 0 Å². The first-order valence-electron chi connectivity index (χ1n) is 5.77. The van der Waals surface area contributed by atoms with E-state index in [1.165, 1.54) is 0 Å². The first-order chi connectivity index (χ1) is 9.24. The van der Waals surface area contributed by atoms with Crippen LogP contribution in [0, 0.1) is 11.3 Å². The van der Waals surface area contributed by atoms with E-state index in [4.69, 9.17) is 15.7 Å². The minimum atomic E-state index is 0.254. The average molecular weight is 251 g/mol. The van der Waals surface area contributed by atoms with Crippen molar-refractivity contribution in [2.45, 2.75) is 6.42 Å². The van der Waals surface area contributed by atoms with Gasteiger partial charge >= 0.3 is 0 Å². The summed E-state index contributed by atoms with van der Waals surface area (Å²) in [4.78, 5) is 3.96. The van der Waals surface area contributed by atoms with Gasteiger partial charge < -0.3 is 10.5 Å². The molecule has 0 aliphatic carbocycles. The van der Waals surface area contributed by atoms with E-state index in [0.717, 1.165) is 5.56 Å². The van der Waals surface area contributed by atoms with E-state index in [9.17, 15) is 0 Å². The van der Waals surface area contributed by atoms with Crippen molar-refractivity contribution in [2.24, 2.45) is 0 Å². The number of ether oxygens (including phenoxy) is 1. The van der Waals surface area contributed by atoms with Crippen LogP contribution in [0.4, 0.5) is 5.69 Å². The normalized spacial score (nSPS) is 9.63. The van der Waals surface area contributed by atoms with Gasteiger partial charge in [-0.25, -0.2) is 4.98 Å². The molecule has 0 fully saturated rings. The third kappa shape index (κ3) is 2.90. The molecule has 0 saturated heterocycles. The molecule has 1 aromatic carbocycles. The van der Waals surface area contributed by atoms with Gasteiger partial charge in [0.1, 0.15) is 11.8 Å². The van der Waals surface area contributed by atoms with Crippen LogP contribution in [0.15, 0.2) is 49.2 Å². The number of nitriles is 1. The van der Waals surface area contributed by atoms with Gasteiger partial charge in [0.25, 0.3) is 0 Å². The molecule has 0 aliphatic rings. The van der Waals surface area contributed by atoms with E-state index in [2.05, 4.69) is 11.6 Å². The number of nitrogens with zero attached hydrogens (tertiary/aromatic N) is 2. The molecule has 0 unspecified atom stereocenters. The van der Waals surface area contributed by atoms with Crippen LogP contribution in [-0.2, 0) is 6.42 Å². The summed E-state index contributed by atoms with van der Waals surface area (Å²) in [5.74, 6) is 1.08. The van der Waals surface area contributed by atoms with Gasteiger partial charge in [-0.15, -0.1) is 6.58 Å². The van der Waals surface area contributed by atoms with E-state index in [0.29, 0.717) is 23.6 Å². The highest BCUT2D eigenvalue weighted by molar-refractivity contribution is 5.50. The summed E-state index contributed by atoms with van der Waals surface area (Å²) in [5, 5.41) is 8.98. The maximum Gasteiger partial charge on any atom is 0.183 e. The Balaban J connectivity index is 2.38. The van der Waals surface area contributed by atoms with Gasteiger partial charge in [-0.2, -0.15) is 5.26 Å². The molecule has 2 N–H and O–H groups in total. The lowest BCUT2D eigenvalue weighted by molar-refractivity contribution is 0.473. The summed E-state index contributed by atoms with van der Waals surface area (Å²) in [6.45, 7) is 3.71. The second-order valence-electron chi connectivity index (χ2n) is 3.92. The van der Waals surface area contributed by atoms with Crippen LogP contribution in [0.2, 0.25) is 0 Å². The molecule has 2 rings (SSSR count). The third-order valence-electron chi connectivity index (χ3n) is 2.55. The number of aromatic nitrogens is 1. The zero-order valence-electron chi connectivity index (χ0n) is 10.3. The van der Waals surface area contributed by atoms with Crippen LogP contribution in [0.3, 0.4) is 0 Å². The first-order valence-corrected chi connectivity index (χ1v) is 5.77. The standard InChI is InChI=1S/C15H13N3O/c1-2-4-11-9-12(17)6-7-14(11)19-15-5-3-8-18-13(15)10-16/h2-3,5-9H,1,4,17H2. The SMILES string of the molecule is C=CCc1cc(N)ccc1Oc1cccnc1C#N. The van der Waals surface area contributed by atoms with Crippen molar-refractivity contribution >= 4 is 5.69 Å². The molecule has 1 aromatic heterocycles. The smallest absolute Gasteiger partial charge is 0.183 e. The second-order valence-corrected chi connectivity index (χ2v) is 3.92. The van der Waals surface area contributed by atoms with Crippen LogP contribution in [0.1, 0.15) is 11.3 Å². The largest absolute Gasteiger partial charge is 0.454 e. The summed E-state index contributed by atoms with van der Waals surface area (Å²) in [5.41, 5.74) is 7.59. The molecule has 0 aliphatic heterocycles. The molecule has 4 heteroatoms. The average Bonchev–Trinajstić information content (AvgIpc) is 2.43. The van der Waals surface area contributed by atoms with E-state index in [1.54, 1.807) is 36.5 Å². The van der Waals surface area contributed by atoms with Crippen molar-refractivity contribution in [3.05, 3.63) is 60.4 Å². The number of anilines is 1. The zero-order chi connectivity index (χ0) is 13.7. The van der Waals surface area contributed by atoms with Crippen molar-refractivity contribution in [2.75, 3.05) is 5.73 Å². The van der Waals surface area contributed by atoms with Gasteiger partial charge in [0, 0.05) is 17.4 Å². The molecule has 2 aromatic rings. The molecule has 0 spiro atoms. The van der Waals surface area contributed by atoms with Crippen molar-refractivity contribution in [1.82, 2.24) is 4.98 Å². The Morgan fingerprint density at radius 2 is 2.21 bits per heavy atom. The van der Waals surface area contributed by atoms with Crippen LogP contribution in [0.25, 0.3) is 0 Å². The highest BCUT2D eigenvalue weighted by Crippen LogP contribution is 2.28. The van der Waals surface area contributed by atoms with Crippen LogP contribution < -0.4 is 10.5 Å². The Hall–Kier alpha value is -2.80. The van der Waals surface area contributed by atoms with Gasteiger partial charge in [0.15, 0.2) is 11.4 Å². The van der Waals surface area contributed by atoms with Gasteiger partial charge in [-0.3, -0.25) is 0 Å². The zero-order valence-corrected chi connectivity index (χ0v) is 10.3. The number of nitrogens with two attached hydrogens (primary N) is 1. The maximum atomic E-state index is 8.98. The lowest BCUT2D eigenvalue weighted by atomic mass is 10.1. The van der Waals surface area contributed by atoms with Gasteiger partial charge in [0.2, 0.25) is 0 Å². The molecule has 0 radical (unpaired) electrons. The van der Waals surface area contributed by atoms with Crippen LogP contribution in [-0.4, -0.2) is 4.98 Å². The Kier molecular flexibility index (Phi) is 3.79. The third-order valence-corrected chi connectivity index (χ3v) is 2.55. The number of pyridine rings is 1. The van der Waals surface area contributed by atoms with E-state index < -0.39 is 0 Å². The Morgan fingerprint density at radius 3 is 2.95 bits per heavy atom. The quantitative estimate of drug-likeness (QED) is 0.669. The fraction of sp³-hybridized carbons (Fsp3) is 0.0667. The van der Waals surface area contributed by atoms with Gasteiger partial charge in [-0.05, 0) is 36.8 Å². The number of benzene rings is 1. The summed E-state index contributed by atoms with van der Waals surface area (Å²) in [6.07, 6.45) is 3.97. The van der Waals surface area contributed by atoms with Crippen molar-refractivity contribution in [3.8, 4) is 17.6 Å². The van der Waals surface area contributed by atoms with E-state index in [-0.39, 0.29) is 5.69 Å². The predicted molar refractivity (Wildman–Crippen MR) is 73.8 cm³/mol. The molecule has 1 heterocycles. The Bertz CT molecular complexity index is 644. The number of nitrogen functional groups attached to an aromatic ring is 1. The maximum absolute atomic E-state index is 8.98. The molecule has 0 saturated carbocycles. The molecule has 19 heavy (non-hydrogen) atoms. The molecule has 0 atom stereocenters. The minimum Gasteiger partial charge on any atom is -0.454 e. The molecule has 4 nitrogen and oxygen atoms in total. The lowest BCUT2D eigenvalue weighted by Crippen LogP contribution is -1.96. The minimum absolute atomic E-state index is 0.254. The number of hydrogen-bond acceptors (Lipinski definition) is 4. The molecule has 0 bridgehead atoms. The summed E-state index contributed by atoms with van der Waals surface area (Å²) in [6, 6.07) is 10.8. The monoisotopic (exact) mass is 251 g/mol. The highest BCUT2D eigenvalue weighted by Gasteiger charge is 2.08. The van der Waals surface area contributed by atoms with Crippen LogP contribution >= 0.6 is 0 Å². The Morgan fingerprint density at radius 1 is 1.37 bits per heavy atom. The number of rotatable bonds is 4. The first kappa shape index (κ1) is 12.7. The number of hydrogen-bond donors (Lipinski definition) is 1. The summed E-state index contributed by atoms with van der Waals surface area (Å²) < 4.78 is 5.75. The fourth-order valence-corrected chi connectivity index (χ4v) is 1.69. The molecule has 0 amide bonds. The van der Waals surface area contributed by atoms with Gasteiger partial charge in [0.05, 0.1) is 0 Å². The van der Waals surface area contributed by atoms with Crippen molar-refractivity contribution in [1.29, 1.82) is 5.26 Å². The molecule has 94 valence electrons. The van der Waals surface area contributed by atoms with Gasteiger partial charge in [-0.1, -0.05) is 6.08 Å². The van der Waals surface area contributed by atoms with E-state index in [1.807, 2.05) is 12.1 Å². The summed E-state index contributed by atoms with van der Waals surface area (Å²) >= 11 is 0. The van der Waals surface area contributed by atoms with Crippen molar-refractivity contribution < 1.29 is 4.74 Å². The second kappa shape index (κ2) is 5.69. The van der Waals surface area contributed by atoms with Crippen LogP contribution in [0.5, 0.6) is 11.5 Å². The highest BCUT2D eigenvalue weighted by atomic mass is 16.5. The molecular weight excluding hydrogens is 238 g/mol. The lowest BCUT2D eigenvalue weighted by Gasteiger charge is -2.11. The molecular formula is C15H13N3O. The Labute approximate surface area is 111 Å². The summed E-state index contributed by atoms with van der Waals surface area (Å²) in [7, 11) is 0. The number of allylic oxidation sites excluding steroid dienone is 1. The topological polar surface area (TPSA) is 71.9 Å².